The van der Waals surface area contributed by atoms with Crippen molar-refractivity contribution in [3.8, 4) is 5.75 Å². The van der Waals surface area contributed by atoms with Gasteiger partial charge in [-0.1, -0.05) is 24.4 Å². The van der Waals surface area contributed by atoms with Crippen LogP contribution in [0.3, 0.4) is 0 Å². The molecule has 2 atom stereocenters. The van der Waals surface area contributed by atoms with Crippen LogP contribution in [0.5, 0.6) is 5.75 Å². The Bertz CT molecular complexity index is 500. The summed E-state index contributed by atoms with van der Waals surface area (Å²) >= 11 is 6.13. The van der Waals surface area contributed by atoms with Crippen molar-refractivity contribution in [3.63, 3.8) is 0 Å². The topological polar surface area (TPSA) is 30.5 Å². The maximum absolute atomic E-state index is 6.13. The molecule has 0 aromatic heterocycles. The highest BCUT2D eigenvalue weighted by Gasteiger charge is 2.56. The van der Waals surface area contributed by atoms with E-state index in [0.717, 1.165) is 29.5 Å². The Hall–Kier alpha value is -0.930. The van der Waals surface area contributed by atoms with Gasteiger partial charge in [0.25, 0.3) is 0 Å². The molecule has 0 heterocycles. The molecule has 0 aliphatic heterocycles. The van der Waals surface area contributed by atoms with Crippen molar-refractivity contribution < 1.29 is 9.47 Å². The van der Waals surface area contributed by atoms with E-state index in [4.69, 9.17) is 21.1 Å². The van der Waals surface area contributed by atoms with Gasteiger partial charge in [-0.25, -0.2) is 0 Å². The minimum Gasteiger partial charge on any atom is -0.495 e. The molecule has 0 bridgehead atoms. The van der Waals surface area contributed by atoms with E-state index in [1.807, 2.05) is 18.2 Å². The predicted molar refractivity (Wildman–Crippen MR) is 86.3 cm³/mol. The smallest absolute Gasteiger partial charge is 0.142 e. The predicted octanol–water partition coefficient (Wildman–Crippen LogP) is 4.50. The molecule has 2 aliphatic rings. The summed E-state index contributed by atoms with van der Waals surface area (Å²) in [6.07, 6.45) is 6.63. The Morgan fingerprint density at radius 2 is 2.10 bits per heavy atom. The molecule has 1 aromatic carbocycles. The fourth-order valence-electron chi connectivity index (χ4n) is 4.07. The minimum atomic E-state index is 0.309. The van der Waals surface area contributed by atoms with Crippen LogP contribution in [0, 0.1) is 5.41 Å². The first-order valence-corrected chi connectivity index (χ1v) is 8.29. The summed E-state index contributed by atoms with van der Waals surface area (Å²) in [6.45, 7) is 2.89. The molecule has 2 fully saturated rings. The lowest BCUT2D eigenvalue weighted by Crippen LogP contribution is -2.60. The van der Waals surface area contributed by atoms with Gasteiger partial charge in [-0.05, 0) is 44.4 Å². The summed E-state index contributed by atoms with van der Waals surface area (Å²) < 4.78 is 11.4. The van der Waals surface area contributed by atoms with Crippen LogP contribution in [-0.2, 0) is 4.74 Å². The van der Waals surface area contributed by atoms with E-state index >= 15 is 0 Å². The lowest BCUT2D eigenvalue weighted by Gasteiger charge is -2.54. The number of nitrogens with one attached hydrogen (secondary N) is 1. The molecule has 0 amide bonds. The van der Waals surface area contributed by atoms with E-state index in [1.54, 1.807) is 7.11 Å². The van der Waals surface area contributed by atoms with Crippen molar-refractivity contribution in [3.05, 3.63) is 23.2 Å². The number of rotatable bonds is 5. The van der Waals surface area contributed by atoms with Gasteiger partial charge in [-0.15, -0.1) is 0 Å². The van der Waals surface area contributed by atoms with Gasteiger partial charge < -0.3 is 14.8 Å². The van der Waals surface area contributed by atoms with E-state index in [9.17, 15) is 0 Å². The maximum Gasteiger partial charge on any atom is 0.142 e. The molecule has 21 heavy (non-hydrogen) atoms. The lowest BCUT2D eigenvalue weighted by atomic mass is 9.60. The molecule has 4 heteroatoms. The SMILES string of the molecule is CCOC1CC(Nc2cc(Cl)ccc2OC)C12CCCC2. The summed E-state index contributed by atoms with van der Waals surface area (Å²) in [6, 6.07) is 6.20. The minimum absolute atomic E-state index is 0.309. The van der Waals surface area contributed by atoms with Crippen molar-refractivity contribution >= 4 is 17.3 Å². The van der Waals surface area contributed by atoms with Gasteiger partial charge in [-0.2, -0.15) is 0 Å². The van der Waals surface area contributed by atoms with Crippen LogP contribution in [0.15, 0.2) is 18.2 Å². The second-order valence-corrected chi connectivity index (χ2v) is 6.60. The average molecular weight is 310 g/mol. The van der Waals surface area contributed by atoms with Crippen molar-refractivity contribution in [1.82, 2.24) is 0 Å². The van der Waals surface area contributed by atoms with Crippen molar-refractivity contribution in [2.75, 3.05) is 19.0 Å². The van der Waals surface area contributed by atoms with E-state index in [-0.39, 0.29) is 0 Å². The zero-order valence-corrected chi connectivity index (χ0v) is 13.6. The first-order chi connectivity index (χ1) is 10.2. The van der Waals surface area contributed by atoms with Crippen LogP contribution in [-0.4, -0.2) is 25.9 Å². The standard InChI is InChI=1S/C17H24ClNO2/c1-3-21-16-11-15(17(16)8-4-5-9-17)19-13-10-12(18)6-7-14(13)20-2/h6-7,10,15-16,19H,3-5,8-9,11H2,1-2H3. The average Bonchev–Trinajstić information content (AvgIpc) is 2.99. The molecular formula is C17H24ClNO2. The van der Waals surface area contributed by atoms with E-state index in [0.29, 0.717) is 17.6 Å². The van der Waals surface area contributed by atoms with Gasteiger partial charge in [0.1, 0.15) is 5.75 Å². The second-order valence-electron chi connectivity index (χ2n) is 6.16. The van der Waals surface area contributed by atoms with Crippen LogP contribution in [0.25, 0.3) is 0 Å². The monoisotopic (exact) mass is 309 g/mol. The molecule has 1 N–H and O–H groups in total. The molecule has 2 aliphatic carbocycles. The summed E-state index contributed by atoms with van der Waals surface area (Å²) in [5, 5.41) is 4.41. The Morgan fingerprint density at radius 3 is 2.76 bits per heavy atom. The number of hydrogen-bond donors (Lipinski definition) is 1. The Kier molecular flexibility index (Phi) is 4.32. The molecule has 0 saturated heterocycles. The second kappa shape index (κ2) is 6.05. The lowest BCUT2D eigenvalue weighted by molar-refractivity contribution is -0.114. The first kappa shape index (κ1) is 15.0. The summed E-state index contributed by atoms with van der Waals surface area (Å²) in [5.41, 5.74) is 1.31. The number of benzene rings is 1. The van der Waals surface area contributed by atoms with Gasteiger partial charge in [0.2, 0.25) is 0 Å². The third kappa shape index (κ3) is 2.62. The fourth-order valence-corrected chi connectivity index (χ4v) is 4.24. The highest BCUT2D eigenvalue weighted by molar-refractivity contribution is 6.30. The zero-order chi connectivity index (χ0) is 14.9. The number of methoxy groups -OCH3 is 1. The molecule has 2 saturated carbocycles. The van der Waals surface area contributed by atoms with Crippen LogP contribution in [0.2, 0.25) is 5.02 Å². The Morgan fingerprint density at radius 1 is 1.33 bits per heavy atom. The fraction of sp³-hybridized carbons (Fsp3) is 0.647. The first-order valence-electron chi connectivity index (χ1n) is 7.91. The maximum atomic E-state index is 6.13. The van der Waals surface area contributed by atoms with Crippen LogP contribution < -0.4 is 10.1 Å². The molecule has 3 rings (SSSR count). The van der Waals surface area contributed by atoms with Crippen molar-refractivity contribution in [2.24, 2.45) is 5.41 Å². The molecule has 3 nitrogen and oxygen atoms in total. The summed E-state index contributed by atoms with van der Waals surface area (Å²) in [5.74, 6) is 0.854. The molecular weight excluding hydrogens is 286 g/mol. The highest BCUT2D eigenvalue weighted by Crippen LogP contribution is 2.56. The van der Waals surface area contributed by atoms with E-state index < -0.39 is 0 Å². The molecule has 1 aromatic rings. The molecule has 1 spiro atoms. The number of anilines is 1. The van der Waals surface area contributed by atoms with Crippen LogP contribution in [0.4, 0.5) is 5.69 Å². The molecule has 0 radical (unpaired) electrons. The molecule has 116 valence electrons. The van der Waals surface area contributed by atoms with E-state index in [1.165, 1.54) is 25.7 Å². The van der Waals surface area contributed by atoms with Crippen molar-refractivity contribution in [1.29, 1.82) is 0 Å². The van der Waals surface area contributed by atoms with Gasteiger partial charge >= 0.3 is 0 Å². The third-order valence-electron chi connectivity index (χ3n) is 5.18. The normalized spacial score (nSPS) is 26.6. The number of hydrogen-bond acceptors (Lipinski definition) is 3. The highest BCUT2D eigenvalue weighted by atomic mass is 35.5. The quantitative estimate of drug-likeness (QED) is 0.868. The summed E-state index contributed by atoms with van der Waals surface area (Å²) in [4.78, 5) is 0. The van der Waals surface area contributed by atoms with Gasteiger partial charge in [-0.3, -0.25) is 0 Å². The number of ether oxygens (including phenoxy) is 2. The van der Waals surface area contributed by atoms with Crippen LogP contribution >= 0.6 is 11.6 Å². The Labute approximate surface area is 132 Å². The van der Waals surface area contributed by atoms with Crippen molar-refractivity contribution in [2.45, 2.75) is 51.2 Å². The largest absolute Gasteiger partial charge is 0.495 e. The van der Waals surface area contributed by atoms with Gasteiger partial charge in [0.05, 0.1) is 18.9 Å². The van der Waals surface area contributed by atoms with Crippen LogP contribution in [0.1, 0.15) is 39.0 Å². The zero-order valence-electron chi connectivity index (χ0n) is 12.8. The third-order valence-corrected chi connectivity index (χ3v) is 5.41. The number of halogens is 1. The Balaban J connectivity index is 1.78. The molecule has 2 unspecified atom stereocenters. The summed E-state index contributed by atoms with van der Waals surface area (Å²) in [7, 11) is 1.70. The van der Waals surface area contributed by atoms with Gasteiger partial charge in [0.15, 0.2) is 0 Å². The van der Waals surface area contributed by atoms with E-state index in [2.05, 4.69) is 12.2 Å². The van der Waals surface area contributed by atoms with Gasteiger partial charge in [0, 0.05) is 23.1 Å².